The molecule has 5 nitrogen and oxygen atoms in total. The van der Waals surface area contributed by atoms with Crippen LogP contribution in [0.3, 0.4) is 0 Å². The molecule has 2 aromatic carbocycles. The molecule has 0 radical (unpaired) electrons. The summed E-state index contributed by atoms with van der Waals surface area (Å²) < 4.78 is 27.3. The van der Waals surface area contributed by atoms with E-state index in [2.05, 4.69) is 11.9 Å². The smallest absolute Gasteiger partial charge is 0.251 e. The quantitative estimate of drug-likeness (QED) is 0.499. The van der Waals surface area contributed by atoms with Crippen LogP contribution in [0.25, 0.3) is 0 Å². The number of hydrogen-bond donors (Lipinski definition) is 1. The predicted octanol–water partition coefficient (Wildman–Crippen LogP) is 4.52. The van der Waals surface area contributed by atoms with Gasteiger partial charge in [0.25, 0.3) is 5.91 Å². The summed E-state index contributed by atoms with van der Waals surface area (Å²) in [5.74, 6) is -0.0618. The van der Waals surface area contributed by atoms with Crippen LogP contribution in [0.2, 0.25) is 0 Å². The Balaban J connectivity index is 1.68. The van der Waals surface area contributed by atoms with Gasteiger partial charge in [-0.3, -0.25) is 4.79 Å². The monoisotopic (exact) mass is 426 g/mol. The largest absolute Gasteiger partial charge is 0.349 e. The van der Waals surface area contributed by atoms with Crippen molar-refractivity contribution in [3.63, 3.8) is 0 Å². The van der Waals surface area contributed by atoms with Crippen LogP contribution in [0.15, 0.2) is 72.1 Å². The van der Waals surface area contributed by atoms with Crippen LogP contribution in [0.5, 0.6) is 0 Å². The Labute approximate surface area is 179 Å². The maximum absolute atomic E-state index is 13.0. The molecular formula is C24H30N2O3S. The van der Waals surface area contributed by atoms with Gasteiger partial charge in [-0.2, -0.15) is 4.31 Å². The molecule has 0 atom stereocenters. The Morgan fingerprint density at radius 3 is 2.23 bits per heavy atom. The number of nitrogens with one attached hydrogen (secondary N) is 1. The third-order valence-corrected chi connectivity index (χ3v) is 7.31. The van der Waals surface area contributed by atoms with Crippen LogP contribution < -0.4 is 5.32 Å². The minimum Gasteiger partial charge on any atom is -0.349 e. The van der Waals surface area contributed by atoms with E-state index >= 15 is 0 Å². The lowest BCUT2D eigenvalue weighted by molar-refractivity contribution is 0.0933. The highest BCUT2D eigenvalue weighted by molar-refractivity contribution is 7.89. The van der Waals surface area contributed by atoms with Gasteiger partial charge >= 0.3 is 0 Å². The number of hydrogen-bond acceptors (Lipinski definition) is 3. The minimum absolute atomic E-state index is 0.0618. The summed E-state index contributed by atoms with van der Waals surface area (Å²) >= 11 is 0. The number of rotatable bonds is 8. The molecule has 1 N–H and O–H groups in total. The van der Waals surface area contributed by atoms with Crippen LogP contribution in [0.1, 0.15) is 54.4 Å². The van der Waals surface area contributed by atoms with Crippen LogP contribution >= 0.6 is 0 Å². The Bertz CT molecular complexity index is 932. The van der Waals surface area contributed by atoms with Crippen molar-refractivity contribution < 1.29 is 13.2 Å². The van der Waals surface area contributed by atoms with Crippen LogP contribution in [-0.2, 0) is 16.6 Å². The average molecular weight is 427 g/mol. The first-order valence-corrected chi connectivity index (χ1v) is 12.0. The highest BCUT2D eigenvalue weighted by atomic mass is 32.2. The van der Waals surface area contributed by atoms with Crippen molar-refractivity contribution in [2.24, 2.45) is 0 Å². The van der Waals surface area contributed by atoms with E-state index in [9.17, 15) is 13.2 Å². The zero-order valence-corrected chi connectivity index (χ0v) is 18.1. The van der Waals surface area contributed by atoms with E-state index in [1.807, 2.05) is 12.1 Å². The number of benzene rings is 2. The van der Waals surface area contributed by atoms with Gasteiger partial charge in [0.05, 0.1) is 4.90 Å². The molecule has 1 saturated carbocycles. The number of carbonyl (C=O) groups excluding carboxylic acids is 1. The SMILES string of the molecule is C=CCN(Cc1ccc(C(=O)NC2CCCCCC2)cc1)S(=O)(=O)c1ccccc1. The molecule has 0 aromatic heterocycles. The Morgan fingerprint density at radius 2 is 1.63 bits per heavy atom. The van der Waals surface area contributed by atoms with Gasteiger partial charge in [-0.15, -0.1) is 6.58 Å². The van der Waals surface area contributed by atoms with Gasteiger partial charge in [-0.05, 0) is 42.7 Å². The second kappa shape index (κ2) is 10.5. The number of nitrogens with zero attached hydrogens (tertiary/aromatic N) is 1. The van der Waals surface area contributed by atoms with E-state index < -0.39 is 10.0 Å². The van der Waals surface area contributed by atoms with E-state index in [1.165, 1.54) is 30.0 Å². The van der Waals surface area contributed by atoms with Crippen molar-refractivity contribution >= 4 is 15.9 Å². The van der Waals surface area contributed by atoms with E-state index in [1.54, 1.807) is 48.5 Å². The summed E-state index contributed by atoms with van der Waals surface area (Å²) in [6.07, 6.45) is 8.48. The summed E-state index contributed by atoms with van der Waals surface area (Å²) in [7, 11) is -3.63. The second-order valence-electron chi connectivity index (χ2n) is 7.76. The summed E-state index contributed by atoms with van der Waals surface area (Å²) in [6.45, 7) is 4.12. The van der Waals surface area contributed by atoms with Crippen molar-refractivity contribution in [2.75, 3.05) is 6.54 Å². The standard InChI is InChI=1S/C24H30N2O3S/c1-2-18-26(30(28,29)23-12-8-5-9-13-23)19-20-14-16-21(17-15-20)24(27)25-22-10-6-3-4-7-11-22/h2,5,8-9,12-17,22H,1,3-4,6-7,10-11,18-19H2,(H,25,27). The number of sulfonamides is 1. The molecule has 0 spiro atoms. The fraction of sp³-hybridized carbons (Fsp3) is 0.375. The topological polar surface area (TPSA) is 66.5 Å². The molecule has 3 rings (SSSR count). The molecule has 160 valence electrons. The molecule has 1 fully saturated rings. The molecule has 0 aliphatic heterocycles. The highest BCUT2D eigenvalue weighted by Crippen LogP contribution is 2.20. The first kappa shape index (κ1) is 22.2. The normalized spacial score (nSPS) is 15.5. The number of amides is 1. The van der Waals surface area contributed by atoms with Gasteiger partial charge in [-0.1, -0.05) is 62.1 Å². The summed E-state index contributed by atoms with van der Waals surface area (Å²) in [5.41, 5.74) is 1.42. The van der Waals surface area contributed by atoms with Crippen LogP contribution in [0, 0.1) is 0 Å². The Kier molecular flexibility index (Phi) is 7.82. The molecule has 1 amide bonds. The van der Waals surface area contributed by atoms with Gasteiger partial charge in [0.2, 0.25) is 10.0 Å². The molecule has 0 bridgehead atoms. The molecule has 1 aliphatic rings. The Morgan fingerprint density at radius 1 is 1.00 bits per heavy atom. The van der Waals surface area contributed by atoms with Crippen LogP contribution in [0.4, 0.5) is 0 Å². The fourth-order valence-corrected chi connectivity index (χ4v) is 5.21. The predicted molar refractivity (Wildman–Crippen MR) is 120 cm³/mol. The van der Waals surface area contributed by atoms with Crippen molar-refractivity contribution in [3.05, 3.63) is 78.4 Å². The Hall–Kier alpha value is -2.44. The van der Waals surface area contributed by atoms with E-state index in [0.29, 0.717) is 5.56 Å². The molecule has 0 unspecified atom stereocenters. The first-order chi connectivity index (χ1) is 14.5. The molecule has 0 heterocycles. The summed E-state index contributed by atoms with van der Waals surface area (Å²) in [6, 6.07) is 15.8. The average Bonchev–Trinajstić information content (AvgIpc) is 3.03. The maximum Gasteiger partial charge on any atom is 0.251 e. The molecule has 30 heavy (non-hydrogen) atoms. The minimum atomic E-state index is -3.63. The van der Waals surface area contributed by atoms with E-state index in [0.717, 1.165) is 18.4 Å². The summed E-state index contributed by atoms with van der Waals surface area (Å²) in [5, 5.41) is 3.14. The summed E-state index contributed by atoms with van der Waals surface area (Å²) in [4.78, 5) is 12.8. The van der Waals surface area contributed by atoms with Crippen molar-refractivity contribution in [1.82, 2.24) is 9.62 Å². The third kappa shape index (κ3) is 5.80. The second-order valence-corrected chi connectivity index (χ2v) is 9.70. The molecular weight excluding hydrogens is 396 g/mol. The number of carbonyl (C=O) groups is 1. The van der Waals surface area contributed by atoms with Crippen molar-refractivity contribution in [3.8, 4) is 0 Å². The molecule has 2 aromatic rings. The third-order valence-electron chi connectivity index (χ3n) is 5.48. The fourth-order valence-electron chi connectivity index (χ4n) is 3.79. The molecule has 1 aliphatic carbocycles. The lowest BCUT2D eigenvalue weighted by Crippen LogP contribution is -2.34. The van der Waals surface area contributed by atoms with Gasteiger partial charge in [0, 0.05) is 24.7 Å². The van der Waals surface area contributed by atoms with E-state index in [-0.39, 0.29) is 29.9 Å². The zero-order valence-electron chi connectivity index (χ0n) is 17.3. The van der Waals surface area contributed by atoms with Gasteiger partial charge in [0.15, 0.2) is 0 Å². The lowest BCUT2D eigenvalue weighted by Gasteiger charge is -2.21. The lowest BCUT2D eigenvalue weighted by atomic mass is 10.1. The van der Waals surface area contributed by atoms with Gasteiger partial charge in [-0.25, -0.2) is 8.42 Å². The van der Waals surface area contributed by atoms with Gasteiger partial charge < -0.3 is 5.32 Å². The van der Waals surface area contributed by atoms with Gasteiger partial charge in [0.1, 0.15) is 0 Å². The molecule has 0 saturated heterocycles. The first-order valence-electron chi connectivity index (χ1n) is 10.6. The maximum atomic E-state index is 13.0. The van der Waals surface area contributed by atoms with Crippen molar-refractivity contribution in [2.45, 2.75) is 56.0 Å². The highest BCUT2D eigenvalue weighted by Gasteiger charge is 2.23. The van der Waals surface area contributed by atoms with Crippen LogP contribution in [-0.4, -0.2) is 31.2 Å². The van der Waals surface area contributed by atoms with Crippen molar-refractivity contribution in [1.29, 1.82) is 0 Å². The molecule has 6 heteroatoms. The zero-order chi connectivity index (χ0) is 21.4. The van der Waals surface area contributed by atoms with E-state index in [4.69, 9.17) is 0 Å².